The van der Waals surface area contributed by atoms with E-state index in [0.717, 1.165) is 29.7 Å². The number of para-hydroxylation sites is 1. The number of aliphatic carboxylic acids is 1. The highest BCUT2D eigenvalue weighted by Gasteiger charge is 2.18. The number of nitrogens with one attached hydrogen (secondary N) is 1. The van der Waals surface area contributed by atoms with E-state index in [1.165, 1.54) is 0 Å². The molecule has 39 heavy (non-hydrogen) atoms. The summed E-state index contributed by atoms with van der Waals surface area (Å²) < 4.78 is 17.0. The topological polar surface area (TPSA) is 97.3 Å². The molecule has 0 fully saturated rings. The predicted octanol–water partition coefficient (Wildman–Crippen LogP) is 5.17. The summed E-state index contributed by atoms with van der Waals surface area (Å²) in [4.78, 5) is 26.1. The molecule has 1 atom stereocenters. The van der Waals surface area contributed by atoms with E-state index in [-0.39, 0.29) is 12.5 Å². The van der Waals surface area contributed by atoms with E-state index in [2.05, 4.69) is 5.32 Å². The lowest BCUT2D eigenvalue weighted by atomic mass is 10.1. The van der Waals surface area contributed by atoms with Gasteiger partial charge in [0.2, 0.25) is 0 Å². The van der Waals surface area contributed by atoms with Crippen molar-refractivity contribution in [3.63, 3.8) is 0 Å². The molecule has 0 bridgehead atoms. The molecule has 8 nitrogen and oxygen atoms in total. The molecule has 0 aliphatic heterocycles. The molecular weight excluding hydrogens is 496 g/mol. The molecule has 2 N–H and O–H groups in total. The Bertz CT molecular complexity index is 1110. The van der Waals surface area contributed by atoms with Crippen LogP contribution in [-0.4, -0.2) is 61.0 Å². The Hall–Kier alpha value is -4.04. The third kappa shape index (κ3) is 11.1. The van der Waals surface area contributed by atoms with Gasteiger partial charge >= 0.3 is 12.0 Å². The van der Waals surface area contributed by atoms with Gasteiger partial charge in [-0.2, -0.15) is 0 Å². The summed E-state index contributed by atoms with van der Waals surface area (Å²) in [6, 6.07) is 26.6. The van der Waals surface area contributed by atoms with Gasteiger partial charge in [0.25, 0.3) is 0 Å². The molecule has 208 valence electrons. The van der Waals surface area contributed by atoms with Crippen molar-refractivity contribution in [3.8, 4) is 11.5 Å². The number of benzene rings is 3. The van der Waals surface area contributed by atoms with Crippen molar-refractivity contribution in [2.45, 2.75) is 38.8 Å². The monoisotopic (exact) mass is 534 g/mol. The van der Waals surface area contributed by atoms with E-state index in [0.29, 0.717) is 45.2 Å². The van der Waals surface area contributed by atoms with Crippen molar-refractivity contribution in [2.24, 2.45) is 0 Å². The second-order valence-electron chi connectivity index (χ2n) is 8.98. The van der Waals surface area contributed by atoms with Gasteiger partial charge in [-0.05, 0) is 55.2 Å². The van der Waals surface area contributed by atoms with Crippen LogP contribution in [0.5, 0.6) is 11.5 Å². The highest BCUT2D eigenvalue weighted by Crippen LogP contribution is 2.15. The van der Waals surface area contributed by atoms with Crippen molar-refractivity contribution in [3.05, 3.63) is 96.1 Å². The Balaban J connectivity index is 1.48. The van der Waals surface area contributed by atoms with Crippen LogP contribution in [0.1, 0.15) is 30.9 Å². The molecule has 2 amide bonds. The van der Waals surface area contributed by atoms with Crippen LogP contribution in [0.25, 0.3) is 0 Å². The van der Waals surface area contributed by atoms with E-state index in [9.17, 15) is 14.7 Å². The SMILES string of the molecule is CCOC(Cc1ccc(OCCN(CCCCOc2ccccc2)C(=O)NCc2ccccc2)cc1)C(=O)O. The Morgan fingerprint density at radius 2 is 1.44 bits per heavy atom. The van der Waals surface area contributed by atoms with Gasteiger partial charge in [-0.1, -0.05) is 60.7 Å². The summed E-state index contributed by atoms with van der Waals surface area (Å²) in [7, 11) is 0. The van der Waals surface area contributed by atoms with Crippen molar-refractivity contribution < 1.29 is 28.9 Å². The van der Waals surface area contributed by atoms with Crippen LogP contribution in [0.3, 0.4) is 0 Å². The molecule has 0 heterocycles. The molecular formula is C31H38N2O6. The normalized spacial score (nSPS) is 11.4. The number of ether oxygens (including phenoxy) is 3. The molecule has 0 aromatic heterocycles. The van der Waals surface area contributed by atoms with Gasteiger partial charge in [0.15, 0.2) is 6.10 Å². The number of nitrogens with zero attached hydrogens (tertiary/aromatic N) is 1. The minimum atomic E-state index is -0.977. The minimum absolute atomic E-state index is 0.141. The Morgan fingerprint density at radius 1 is 0.795 bits per heavy atom. The number of amides is 2. The zero-order valence-corrected chi connectivity index (χ0v) is 22.5. The average molecular weight is 535 g/mol. The molecule has 3 aromatic rings. The van der Waals surface area contributed by atoms with Crippen LogP contribution in [0.2, 0.25) is 0 Å². The largest absolute Gasteiger partial charge is 0.494 e. The first-order valence-corrected chi connectivity index (χ1v) is 13.4. The van der Waals surface area contributed by atoms with Gasteiger partial charge < -0.3 is 29.5 Å². The van der Waals surface area contributed by atoms with E-state index in [4.69, 9.17) is 14.2 Å². The number of carboxylic acids is 1. The fourth-order valence-corrected chi connectivity index (χ4v) is 3.94. The molecule has 0 radical (unpaired) electrons. The number of carbonyl (C=O) groups is 2. The molecule has 0 saturated heterocycles. The van der Waals surface area contributed by atoms with Crippen molar-refractivity contribution in [1.82, 2.24) is 10.2 Å². The first-order valence-electron chi connectivity index (χ1n) is 13.4. The van der Waals surface area contributed by atoms with Crippen molar-refractivity contribution in [1.29, 1.82) is 0 Å². The quantitative estimate of drug-likeness (QED) is 0.232. The van der Waals surface area contributed by atoms with Gasteiger partial charge in [0.1, 0.15) is 18.1 Å². The smallest absolute Gasteiger partial charge is 0.333 e. The van der Waals surface area contributed by atoms with Gasteiger partial charge in [0, 0.05) is 26.1 Å². The number of hydrogen-bond donors (Lipinski definition) is 2. The van der Waals surface area contributed by atoms with Crippen LogP contribution >= 0.6 is 0 Å². The van der Waals surface area contributed by atoms with Crippen LogP contribution in [0.15, 0.2) is 84.9 Å². The number of carboxylic acid groups (broad SMARTS) is 1. The lowest BCUT2D eigenvalue weighted by Gasteiger charge is -2.23. The number of hydrogen-bond acceptors (Lipinski definition) is 5. The maximum absolute atomic E-state index is 13.0. The summed E-state index contributed by atoms with van der Waals surface area (Å²) >= 11 is 0. The summed E-state index contributed by atoms with van der Waals surface area (Å²) in [5.74, 6) is 0.517. The molecule has 0 saturated carbocycles. The zero-order chi connectivity index (χ0) is 27.7. The Labute approximate surface area is 230 Å². The molecule has 3 rings (SSSR count). The summed E-state index contributed by atoms with van der Waals surface area (Å²) in [6.07, 6.45) is 1.03. The molecule has 3 aromatic carbocycles. The van der Waals surface area contributed by atoms with Crippen LogP contribution < -0.4 is 14.8 Å². The second-order valence-corrected chi connectivity index (χ2v) is 8.98. The molecule has 8 heteroatoms. The molecule has 0 aliphatic rings. The third-order valence-electron chi connectivity index (χ3n) is 6.03. The van der Waals surface area contributed by atoms with Crippen LogP contribution in [0, 0.1) is 0 Å². The van der Waals surface area contributed by atoms with Gasteiger partial charge in [-0.3, -0.25) is 0 Å². The number of carbonyl (C=O) groups excluding carboxylic acids is 1. The van der Waals surface area contributed by atoms with Crippen molar-refractivity contribution in [2.75, 3.05) is 32.9 Å². The molecule has 0 aliphatic carbocycles. The predicted molar refractivity (Wildman–Crippen MR) is 150 cm³/mol. The minimum Gasteiger partial charge on any atom is -0.494 e. The fraction of sp³-hybridized carbons (Fsp3) is 0.355. The number of rotatable bonds is 17. The standard InChI is InChI=1S/C31H38N2O6/c1-2-37-29(30(34)35)23-25-15-17-28(18-16-25)39-22-20-33(31(36)32-24-26-11-5-3-6-12-26)19-9-10-21-38-27-13-7-4-8-14-27/h3-8,11-18,29H,2,9-10,19-24H2,1H3,(H,32,36)(H,34,35). The zero-order valence-electron chi connectivity index (χ0n) is 22.5. The number of urea groups is 1. The maximum atomic E-state index is 13.0. The second kappa shape index (κ2) is 16.7. The van der Waals surface area contributed by atoms with Crippen LogP contribution in [0.4, 0.5) is 4.79 Å². The van der Waals surface area contributed by atoms with Gasteiger partial charge in [-0.15, -0.1) is 0 Å². The number of unbranched alkanes of at least 4 members (excludes halogenated alkanes) is 1. The van der Waals surface area contributed by atoms with Gasteiger partial charge in [0.05, 0.1) is 13.2 Å². The van der Waals surface area contributed by atoms with E-state index in [1.54, 1.807) is 24.0 Å². The van der Waals surface area contributed by atoms with Crippen molar-refractivity contribution >= 4 is 12.0 Å². The van der Waals surface area contributed by atoms with Gasteiger partial charge in [-0.25, -0.2) is 9.59 Å². The van der Waals surface area contributed by atoms with E-state index in [1.807, 2.05) is 72.8 Å². The fourth-order valence-electron chi connectivity index (χ4n) is 3.94. The first kappa shape index (κ1) is 29.5. The Kier molecular flexibility index (Phi) is 12.7. The highest BCUT2D eigenvalue weighted by molar-refractivity contribution is 5.74. The first-order chi connectivity index (χ1) is 19.0. The Morgan fingerprint density at radius 3 is 2.10 bits per heavy atom. The lowest BCUT2D eigenvalue weighted by molar-refractivity contribution is -0.149. The molecule has 0 spiro atoms. The highest BCUT2D eigenvalue weighted by atomic mass is 16.5. The third-order valence-corrected chi connectivity index (χ3v) is 6.03. The average Bonchev–Trinajstić information content (AvgIpc) is 2.96. The summed E-state index contributed by atoms with van der Waals surface area (Å²) in [6.45, 7) is 4.48. The maximum Gasteiger partial charge on any atom is 0.333 e. The summed E-state index contributed by atoms with van der Waals surface area (Å²) in [5, 5.41) is 12.3. The molecule has 1 unspecified atom stereocenters. The van der Waals surface area contributed by atoms with E-state index < -0.39 is 12.1 Å². The van der Waals surface area contributed by atoms with E-state index >= 15 is 0 Å². The lowest BCUT2D eigenvalue weighted by Crippen LogP contribution is -2.42. The van der Waals surface area contributed by atoms with Crippen LogP contribution in [-0.2, 0) is 22.5 Å². The summed E-state index contributed by atoms with van der Waals surface area (Å²) in [5.41, 5.74) is 1.88.